The molecule has 4 nitrogen and oxygen atoms in total. The first-order valence-electron chi connectivity index (χ1n) is 6.73. The first-order valence-corrected chi connectivity index (χ1v) is 7.13. The maximum Gasteiger partial charge on any atom is 0.178 e. The summed E-state index contributed by atoms with van der Waals surface area (Å²) in [6.07, 6.45) is 2.56. The van der Waals surface area contributed by atoms with Crippen molar-refractivity contribution in [3.63, 3.8) is 0 Å². The van der Waals surface area contributed by atoms with Crippen LogP contribution in [0.5, 0.6) is 5.75 Å². The van der Waals surface area contributed by atoms with Gasteiger partial charge < -0.3 is 19.0 Å². The van der Waals surface area contributed by atoms with Gasteiger partial charge >= 0.3 is 0 Å². The molecule has 0 saturated heterocycles. The molecule has 3 rings (SSSR count). The Morgan fingerprint density at radius 2 is 2.25 bits per heavy atom. The summed E-state index contributed by atoms with van der Waals surface area (Å²) in [7, 11) is 1.45. The molecule has 2 aromatic rings. The molecule has 1 aromatic carbocycles. The molecule has 1 saturated carbocycles. The summed E-state index contributed by atoms with van der Waals surface area (Å²) in [6.45, 7) is 2.09. The van der Waals surface area contributed by atoms with Gasteiger partial charge in [0.25, 0.3) is 0 Å². The number of hydrogen-bond acceptors (Lipinski definition) is 3. The average molecular weight is 296 g/mol. The molecule has 0 spiro atoms. The Hall–Kier alpha value is -1.40. The Kier molecular flexibility index (Phi) is 3.76. The smallest absolute Gasteiger partial charge is 0.178 e. The molecule has 1 aromatic heterocycles. The highest BCUT2D eigenvalue weighted by Crippen LogP contribution is 2.29. The summed E-state index contributed by atoms with van der Waals surface area (Å²) >= 11 is 5.28. The number of imidazole rings is 1. The first-order chi connectivity index (χ1) is 9.69. The summed E-state index contributed by atoms with van der Waals surface area (Å²) < 4.78 is 26.8. The summed E-state index contributed by atoms with van der Waals surface area (Å²) in [5, 5.41) is 0. The third kappa shape index (κ3) is 2.71. The van der Waals surface area contributed by atoms with Crippen molar-refractivity contribution >= 4 is 23.3 Å². The Bertz CT molecular complexity index is 676. The lowest BCUT2D eigenvalue weighted by Gasteiger charge is -2.07. The van der Waals surface area contributed by atoms with Crippen LogP contribution in [-0.2, 0) is 11.3 Å². The second-order valence-electron chi connectivity index (χ2n) is 5.10. The summed E-state index contributed by atoms with van der Waals surface area (Å²) in [5.41, 5.74) is 1.51. The lowest BCUT2D eigenvalue weighted by atomic mass is 10.3. The fraction of sp³-hybridized carbons (Fsp3) is 0.500. The molecule has 0 unspecified atom stereocenters. The van der Waals surface area contributed by atoms with Crippen molar-refractivity contribution in [2.24, 2.45) is 5.92 Å². The van der Waals surface area contributed by atoms with Gasteiger partial charge in [0.05, 0.1) is 24.8 Å². The van der Waals surface area contributed by atoms with Crippen LogP contribution < -0.4 is 4.74 Å². The molecule has 108 valence electrons. The number of nitrogens with one attached hydrogen (secondary N) is 1. The third-order valence-corrected chi connectivity index (χ3v) is 3.88. The Morgan fingerprint density at radius 1 is 1.45 bits per heavy atom. The minimum Gasteiger partial charge on any atom is -0.494 e. The molecule has 1 N–H and O–H groups in total. The quantitative estimate of drug-likeness (QED) is 0.657. The van der Waals surface area contributed by atoms with Crippen LogP contribution in [0.3, 0.4) is 0 Å². The van der Waals surface area contributed by atoms with Gasteiger partial charge in [-0.1, -0.05) is 0 Å². The van der Waals surface area contributed by atoms with E-state index in [9.17, 15) is 4.39 Å². The molecule has 1 fully saturated rings. The van der Waals surface area contributed by atoms with E-state index in [1.54, 1.807) is 6.07 Å². The number of halogens is 1. The van der Waals surface area contributed by atoms with Crippen molar-refractivity contribution < 1.29 is 13.9 Å². The van der Waals surface area contributed by atoms with Crippen molar-refractivity contribution in [1.29, 1.82) is 0 Å². The van der Waals surface area contributed by atoms with E-state index in [4.69, 9.17) is 21.7 Å². The van der Waals surface area contributed by atoms with E-state index in [1.807, 2.05) is 4.57 Å². The second kappa shape index (κ2) is 5.54. The van der Waals surface area contributed by atoms with Gasteiger partial charge in [-0.05, 0) is 31.0 Å². The molecule has 1 aliphatic rings. The SMILES string of the molecule is COc1cc2c(cc1F)[nH]c(=S)n2CCOCC1CC1. The van der Waals surface area contributed by atoms with E-state index in [2.05, 4.69) is 4.98 Å². The van der Waals surface area contributed by atoms with Gasteiger partial charge in [-0.2, -0.15) is 0 Å². The van der Waals surface area contributed by atoms with Gasteiger partial charge in [0.2, 0.25) is 0 Å². The fourth-order valence-electron chi connectivity index (χ4n) is 2.23. The first kappa shape index (κ1) is 13.6. The largest absolute Gasteiger partial charge is 0.494 e. The van der Waals surface area contributed by atoms with Crippen LogP contribution >= 0.6 is 12.2 Å². The van der Waals surface area contributed by atoms with Crippen LogP contribution in [0, 0.1) is 16.5 Å². The van der Waals surface area contributed by atoms with Crippen molar-refractivity contribution in [3.8, 4) is 5.75 Å². The van der Waals surface area contributed by atoms with E-state index in [0.717, 1.165) is 18.0 Å². The van der Waals surface area contributed by atoms with Gasteiger partial charge in [-0.15, -0.1) is 0 Å². The maximum absolute atomic E-state index is 13.7. The zero-order chi connectivity index (χ0) is 14.1. The van der Waals surface area contributed by atoms with Crippen LogP contribution in [0.2, 0.25) is 0 Å². The number of rotatable bonds is 6. The number of aromatic amines is 1. The normalized spacial score (nSPS) is 14.9. The number of benzene rings is 1. The molecule has 0 amide bonds. The molecule has 1 aliphatic carbocycles. The molecule has 0 aliphatic heterocycles. The van der Waals surface area contributed by atoms with Gasteiger partial charge in [0.1, 0.15) is 0 Å². The molecule has 6 heteroatoms. The Morgan fingerprint density at radius 3 is 2.95 bits per heavy atom. The number of nitrogens with zero attached hydrogens (tertiary/aromatic N) is 1. The van der Waals surface area contributed by atoms with Crippen LogP contribution in [0.25, 0.3) is 11.0 Å². The number of ether oxygens (including phenoxy) is 2. The highest BCUT2D eigenvalue weighted by Gasteiger charge is 2.21. The standard InChI is InChI=1S/C14H17FN2O2S/c1-18-13-7-12-11(6-10(13)15)16-14(20)17(12)4-5-19-8-9-2-3-9/h6-7,9H,2-5,8H2,1H3,(H,16,20). The van der Waals surface area contributed by atoms with E-state index >= 15 is 0 Å². The van der Waals surface area contributed by atoms with Gasteiger partial charge in [-0.25, -0.2) is 4.39 Å². The van der Waals surface area contributed by atoms with Crippen LogP contribution in [0.1, 0.15) is 12.8 Å². The number of hydrogen-bond donors (Lipinski definition) is 1. The lowest BCUT2D eigenvalue weighted by molar-refractivity contribution is 0.117. The van der Waals surface area contributed by atoms with E-state index in [-0.39, 0.29) is 5.75 Å². The van der Waals surface area contributed by atoms with E-state index < -0.39 is 5.82 Å². The molecule has 0 radical (unpaired) electrons. The highest BCUT2D eigenvalue weighted by molar-refractivity contribution is 7.71. The highest BCUT2D eigenvalue weighted by atomic mass is 32.1. The van der Waals surface area contributed by atoms with Gasteiger partial charge in [0.15, 0.2) is 16.3 Å². The number of methoxy groups -OCH3 is 1. The van der Waals surface area contributed by atoms with Crippen molar-refractivity contribution in [3.05, 3.63) is 22.7 Å². The molecule has 1 heterocycles. The molecule has 0 bridgehead atoms. The topological polar surface area (TPSA) is 39.2 Å². The monoisotopic (exact) mass is 296 g/mol. The van der Waals surface area contributed by atoms with Crippen molar-refractivity contribution in [2.75, 3.05) is 20.3 Å². The zero-order valence-corrected chi connectivity index (χ0v) is 12.1. The summed E-state index contributed by atoms with van der Waals surface area (Å²) in [6, 6.07) is 3.07. The molecular formula is C14H17FN2O2S. The van der Waals surface area contributed by atoms with Crippen LogP contribution in [0.15, 0.2) is 12.1 Å². The van der Waals surface area contributed by atoms with Crippen molar-refractivity contribution in [2.45, 2.75) is 19.4 Å². The van der Waals surface area contributed by atoms with Gasteiger partial charge in [0, 0.05) is 25.3 Å². The fourth-order valence-corrected chi connectivity index (χ4v) is 2.53. The van der Waals surface area contributed by atoms with Crippen LogP contribution in [0.4, 0.5) is 4.39 Å². The summed E-state index contributed by atoms with van der Waals surface area (Å²) in [4.78, 5) is 3.01. The van der Waals surface area contributed by atoms with Crippen molar-refractivity contribution in [1.82, 2.24) is 9.55 Å². The number of aromatic nitrogens is 2. The number of fused-ring (bicyclic) bond motifs is 1. The predicted molar refractivity (Wildman–Crippen MR) is 77.2 cm³/mol. The maximum atomic E-state index is 13.7. The minimum atomic E-state index is -0.395. The summed E-state index contributed by atoms with van der Waals surface area (Å²) in [5.74, 6) is 0.577. The van der Waals surface area contributed by atoms with E-state index in [0.29, 0.717) is 23.4 Å². The zero-order valence-electron chi connectivity index (χ0n) is 11.3. The average Bonchev–Trinajstić information content (AvgIpc) is 3.19. The van der Waals surface area contributed by atoms with E-state index in [1.165, 1.54) is 26.0 Å². The van der Waals surface area contributed by atoms with Gasteiger partial charge in [-0.3, -0.25) is 0 Å². The number of H-pyrrole nitrogens is 1. The molecule has 20 heavy (non-hydrogen) atoms. The van der Waals surface area contributed by atoms with Crippen LogP contribution in [-0.4, -0.2) is 29.9 Å². The predicted octanol–water partition coefficient (Wildman–Crippen LogP) is 3.27. The third-order valence-electron chi connectivity index (χ3n) is 3.56. The second-order valence-corrected chi connectivity index (χ2v) is 5.49. The molecule has 0 atom stereocenters. The lowest BCUT2D eigenvalue weighted by Crippen LogP contribution is -2.07. The Labute approximate surface area is 121 Å². The Balaban J connectivity index is 1.80. The molecular weight excluding hydrogens is 279 g/mol. The minimum absolute atomic E-state index is 0.221.